The van der Waals surface area contributed by atoms with Crippen molar-refractivity contribution in [2.45, 2.75) is 61.8 Å². The Morgan fingerprint density at radius 3 is 2.77 bits per heavy atom. The number of nitrogens with two attached hydrogens (primary N) is 2. The highest BCUT2D eigenvalue weighted by Crippen LogP contribution is 2.41. The fourth-order valence-electron chi connectivity index (χ4n) is 6.50. The third-order valence-corrected chi connectivity index (χ3v) is 8.81. The van der Waals surface area contributed by atoms with Crippen molar-refractivity contribution in [3.63, 3.8) is 0 Å². The molecule has 4 aliphatic heterocycles. The molecule has 1 saturated heterocycles. The molecule has 1 fully saturated rings. The van der Waals surface area contributed by atoms with Crippen LogP contribution in [0.5, 0.6) is 5.75 Å². The highest BCUT2D eigenvalue weighted by molar-refractivity contribution is 5.98. The number of aliphatic hydroxyl groups excluding tert-OH is 1. The van der Waals surface area contributed by atoms with E-state index in [1.54, 1.807) is 17.0 Å². The highest BCUT2D eigenvalue weighted by atomic mass is 19.4. The van der Waals surface area contributed by atoms with Crippen molar-refractivity contribution < 1.29 is 37.6 Å². The lowest BCUT2D eigenvalue weighted by molar-refractivity contribution is -0.513. The molecule has 2 unspecified atom stereocenters. The smallest absolute Gasteiger partial charge is 0.416 e. The van der Waals surface area contributed by atoms with E-state index in [-0.39, 0.29) is 30.4 Å². The summed E-state index contributed by atoms with van der Waals surface area (Å²) in [6.45, 7) is 4.55. The number of aromatic nitrogens is 1. The number of ether oxygens (including phenoxy) is 1. The molecular formula is C28H33F3N9O4+. The minimum Gasteiger partial charge on any atom is -0.492 e. The van der Waals surface area contributed by atoms with Crippen LogP contribution in [0.1, 0.15) is 52.2 Å². The second-order valence-electron chi connectivity index (χ2n) is 12.0. The van der Waals surface area contributed by atoms with Gasteiger partial charge in [-0.1, -0.05) is 26.0 Å². The van der Waals surface area contributed by atoms with Gasteiger partial charge in [0.25, 0.3) is 11.8 Å². The first-order valence-electron chi connectivity index (χ1n) is 14.1. The fourth-order valence-corrected chi connectivity index (χ4v) is 6.50. The maximum absolute atomic E-state index is 13.6. The van der Waals surface area contributed by atoms with Crippen LogP contribution in [0.4, 0.5) is 13.2 Å². The number of rotatable bonds is 5. The first-order chi connectivity index (χ1) is 20.7. The summed E-state index contributed by atoms with van der Waals surface area (Å²) in [7, 11) is 0. The molecule has 0 saturated carbocycles. The average Bonchev–Trinajstić information content (AvgIpc) is 3.46. The second kappa shape index (κ2) is 10.2. The first-order valence-corrected chi connectivity index (χ1v) is 14.1. The number of hydrogen-bond donors (Lipinski definition) is 7. The Hall–Kier alpha value is -4.60. The highest BCUT2D eigenvalue weighted by Gasteiger charge is 2.68. The molecule has 2 aromatic rings. The molecule has 6 rings (SSSR count). The van der Waals surface area contributed by atoms with E-state index in [0.29, 0.717) is 24.0 Å². The number of aliphatic imine (C=N–C) groups is 1. The lowest BCUT2D eigenvalue weighted by Gasteiger charge is -2.43. The van der Waals surface area contributed by atoms with Gasteiger partial charge in [-0.15, -0.1) is 0 Å². The van der Waals surface area contributed by atoms with E-state index in [2.05, 4.69) is 44.8 Å². The third-order valence-electron chi connectivity index (χ3n) is 8.81. The molecule has 5 heterocycles. The van der Waals surface area contributed by atoms with Crippen LogP contribution in [-0.4, -0.2) is 88.3 Å². The van der Waals surface area contributed by atoms with Crippen molar-refractivity contribution >= 4 is 23.7 Å². The van der Waals surface area contributed by atoms with Crippen LogP contribution in [0.3, 0.4) is 0 Å². The number of benzene rings is 1. The number of pyridine rings is 1. The molecule has 0 radical (unpaired) electrons. The maximum atomic E-state index is 13.6. The van der Waals surface area contributed by atoms with Crippen molar-refractivity contribution in [2.75, 3.05) is 19.7 Å². The van der Waals surface area contributed by atoms with E-state index in [4.69, 9.17) is 16.2 Å². The Morgan fingerprint density at radius 2 is 2.02 bits per heavy atom. The molecule has 16 heteroatoms. The number of guanidine groups is 2. The number of halogens is 3. The summed E-state index contributed by atoms with van der Waals surface area (Å²) in [5.41, 5.74) is 10.8. The van der Waals surface area contributed by atoms with Gasteiger partial charge in [-0.05, 0) is 30.0 Å². The number of nitrogens with zero attached hydrogens (tertiary/aromatic N) is 3. The molecule has 1 spiro atoms. The summed E-state index contributed by atoms with van der Waals surface area (Å²) >= 11 is 0. The van der Waals surface area contributed by atoms with Crippen LogP contribution in [0.15, 0.2) is 41.5 Å². The minimum atomic E-state index is -4.64. The maximum Gasteiger partial charge on any atom is 0.416 e. The van der Waals surface area contributed by atoms with E-state index < -0.39 is 59.1 Å². The molecular weight excluding hydrogens is 583 g/mol. The molecule has 2 amide bonds. The zero-order valence-electron chi connectivity index (χ0n) is 23.9. The van der Waals surface area contributed by atoms with Crippen LogP contribution in [0.2, 0.25) is 0 Å². The van der Waals surface area contributed by atoms with Crippen LogP contribution >= 0.6 is 0 Å². The van der Waals surface area contributed by atoms with Gasteiger partial charge in [0.2, 0.25) is 5.66 Å². The van der Waals surface area contributed by atoms with Crippen molar-refractivity contribution in [3.8, 4) is 5.75 Å². The largest absolute Gasteiger partial charge is 0.492 e. The van der Waals surface area contributed by atoms with Crippen molar-refractivity contribution in [2.24, 2.45) is 16.5 Å². The van der Waals surface area contributed by atoms with E-state index in [1.807, 2.05) is 6.07 Å². The van der Waals surface area contributed by atoms with E-state index in [0.717, 1.165) is 24.2 Å². The van der Waals surface area contributed by atoms with Crippen LogP contribution in [0, 0.1) is 0 Å². The predicted octanol–water partition coefficient (Wildman–Crippen LogP) is -1.87. The number of alkyl halides is 3. The zero-order chi connectivity index (χ0) is 31.6. The number of nitrogens with one attached hydrogen (secondary N) is 4. The van der Waals surface area contributed by atoms with E-state index >= 15 is 0 Å². The Kier molecular flexibility index (Phi) is 6.86. The summed E-state index contributed by atoms with van der Waals surface area (Å²) in [6, 6.07) is 4.43. The molecule has 9 N–H and O–H groups in total. The monoisotopic (exact) mass is 616 g/mol. The minimum absolute atomic E-state index is 0.0136. The number of carbonyl (C=O) groups is 2. The Morgan fingerprint density at radius 1 is 1.25 bits per heavy atom. The molecule has 13 nitrogen and oxygen atoms in total. The van der Waals surface area contributed by atoms with Gasteiger partial charge < -0.3 is 31.1 Å². The molecule has 234 valence electrons. The summed E-state index contributed by atoms with van der Waals surface area (Å²) in [4.78, 5) is 39.2. The standard InChI is InChI=1S/C28H32F3N9O4/c1-26(2)7-9-44-19-14(4-3-5-15(19)26)22(42)36-18-12-40-25(33)37-17(20-27(40,21(18)41)39-24(32)38-20)11-35-23(43)16-10-13(6-8-34-16)28(29,30)31/h3-6,8,10,17-18,20-21,41H,7,9,11-12H2,1-2H3,(H2,33,37)(H,35,43)(H,36,42)(H3,32,38,39)/p+1/t17-,18?,20-,21+,27?/m0/s1. The van der Waals surface area contributed by atoms with Gasteiger partial charge in [-0.25, -0.2) is 10.3 Å². The topological polar surface area (TPSA) is 194 Å². The van der Waals surface area contributed by atoms with Crippen LogP contribution in [-0.2, 0) is 11.6 Å². The zero-order valence-corrected chi connectivity index (χ0v) is 23.9. The first kappa shape index (κ1) is 29.5. The number of fused-ring (bicyclic) bond motifs is 1. The van der Waals surface area contributed by atoms with Gasteiger partial charge in [0.15, 0.2) is 12.0 Å². The van der Waals surface area contributed by atoms with Crippen LogP contribution in [0.25, 0.3) is 0 Å². The molecule has 0 aliphatic carbocycles. The Bertz CT molecular complexity index is 1580. The molecule has 44 heavy (non-hydrogen) atoms. The van der Waals surface area contributed by atoms with Crippen molar-refractivity contribution in [1.82, 2.24) is 25.8 Å². The fraction of sp³-hybridized carbons (Fsp3) is 0.464. The van der Waals surface area contributed by atoms with Gasteiger partial charge in [0.05, 0.1) is 23.8 Å². The Balaban J connectivity index is 1.21. The average molecular weight is 617 g/mol. The summed E-state index contributed by atoms with van der Waals surface area (Å²) in [6.07, 6.45) is -4.20. The van der Waals surface area contributed by atoms with E-state index in [9.17, 15) is 27.9 Å². The van der Waals surface area contributed by atoms with Crippen molar-refractivity contribution in [1.29, 1.82) is 0 Å². The van der Waals surface area contributed by atoms with Gasteiger partial charge in [-0.3, -0.25) is 25.3 Å². The van der Waals surface area contributed by atoms with E-state index in [1.165, 1.54) is 0 Å². The third kappa shape index (κ3) is 4.73. The summed E-state index contributed by atoms with van der Waals surface area (Å²) < 4.78 is 45.3. The molecule has 1 aromatic carbocycles. The SMILES string of the molecule is CC1(C)CCOc2c(C(=O)NC3CN4C(N)=N[C@@H](CNC(=O)c5cc(C(F)(F)F)ccn5)[C@@H]5[NH+]=C(N)NC54[C@@H]3O)cccc21. The molecule has 0 bridgehead atoms. The van der Waals surface area contributed by atoms with Gasteiger partial charge in [0.1, 0.15) is 23.6 Å². The molecule has 4 aliphatic rings. The number of hydrogen-bond acceptors (Lipinski definition) is 10. The van der Waals surface area contributed by atoms with Crippen molar-refractivity contribution in [3.05, 3.63) is 58.9 Å². The lowest BCUT2D eigenvalue weighted by Crippen LogP contribution is -2.88. The van der Waals surface area contributed by atoms with Gasteiger partial charge >= 0.3 is 12.1 Å². The number of aliphatic hydroxyl groups is 1. The summed E-state index contributed by atoms with van der Waals surface area (Å²) in [5, 5.41) is 20.2. The number of carbonyl (C=O) groups excluding carboxylic acids is 2. The Labute approximate surface area is 249 Å². The quantitative estimate of drug-likeness (QED) is 0.201. The normalized spacial score (nSPS) is 28.4. The molecule has 1 aromatic heterocycles. The van der Waals surface area contributed by atoms with Crippen LogP contribution < -0.4 is 37.1 Å². The molecule has 5 atom stereocenters. The number of amides is 2. The van der Waals surface area contributed by atoms with Gasteiger partial charge in [0, 0.05) is 24.8 Å². The number of para-hydroxylation sites is 1. The van der Waals surface area contributed by atoms with Gasteiger partial charge in [-0.2, -0.15) is 13.2 Å². The lowest BCUT2D eigenvalue weighted by atomic mass is 9.79. The predicted molar refractivity (Wildman–Crippen MR) is 150 cm³/mol. The summed E-state index contributed by atoms with van der Waals surface area (Å²) in [5.74, 6) is -0.655. The second-order valence-corrected chi connectivity index (χ2v) is 12.0.